The molecule has 5 unspecified atom stereocenters. The first kappa shape index (κ1) is 16.6. The summed E-state index contributed by atoms with van der Waals surface area (Å²) >= 11 is 0. The maximum Gasteiger partial charge on any atom is 0.176 e. The van der Waals surface area contributed by atoms with Gasteiger partial charge in [-0.25, -0.2) is 0 Å². The lowest BCUT2D eigenvalue weighted by Gasteiger charge is -2.62. The van der Waals surface area contributed by atoms with Crippen LogP contribution in [0.25, 0.3) is 0 Å². The molecule has 4 aliphatic rings. The predicted molar refractivity (Wildman–Crippen MR) is 78.1 cm³/mol. The molecule has 0 amide bonds. The van der Waals surface area contributed by atoms with Gasteiger partial charge in [-0.3, -0.25) is 0 Å². The van der Waals surface area contributed by atoms with Crippen LogP contribution in [0.15, 0.2) is 0 Å². The molecule has 4 saturated carbocycles. The minimum atomic E-state index is -0.751. The van der Waals surface area contributed by atoms with E-state index in [-0.39, 0.29) is 45.1 Å². The standard InChI is InChI=1S/C16H28O6/c17-1-4-20-15-12-7-11-8-13(10-12)16(14(15)9-11,21-5-2-18)22-6-3-19/h11-15,17-19H,1-10H2. The van der Waals surface area contributed by atoms with Crippen LogP contribution in [-0.2, 0) is 14.2 Å². The summed E-state index contributed by atoms with van der Waals surface area (Å²) in [6.07, 6.45) is 4.33. The first-order valence-corrected chi connectivity index (χ1v) is 8.47. The molecule has 0 aromatic rings. The van der Waals surface area contributed by atoms with Gasteiger partial charge in [0.2, 0.25) is 0 Å². The van der Waals surface area contributed by atoms with Crippen molar-refractivity contribution in [2.75, 3.05) is 39.6 Å². The van der Waals surface area contributed by atoms with Gasteiger partial charge in [-0.05, 0) is 37.5 Å². The predicted octanol–water partition coefficient (Wildman–Crippen LogP) is 0.144. The second kappa shape index (κ2) is 7.11. The molecule has 128 valence electrons. The maximum atomic E-state index is 9.17. The van der Waals surface area contributed by atoms with Crippen molar-refractivity contribution in [1.29, 1.82) is 0 Å². The Morgan fingerprint density at radius 3 is 2.14 bits per heavy atom. The summed E-state index contributed by atoms with van der Waals surface area (Å²) < 4.78 is 18.0. The smallest absolute Gasteiger partial charge is 0.176 e. The van der Waals surface area contributed by atoms with Gasteiger partial charge < -0.3 is 29.5 Å². The van der Waals surface area contributed by atoms with Crippen molar-refractivity contribution in [2.45, 2.75) is 37.6 Å². The van der Waals surface area contributed by atoms with E-state index >= 15 is 0 Å². The molecule has 3 N–H and O–H groups in total. The first-order valence-electron chi connectivity index (χ1n) is 8.47. The van der Waals surface area contributed by atoms with E-state index in [1.165, 1.54) is 6.42 Å². The number of hydrogen-bond donors (Lipinski definition) is 3. The fourth-order valence-electron chi connectivity index (χ4n) is 5.13. The summed E-state index contributed by atoms with van der Waals surface area (Å²) in [6, 6.07) is 0. The molecule has 22 heavy (non-hydrogen) atoms. The van der Waals surface area contributed by atoms with Gasteiger partial charge in [-0.2, -0.15) is 0 Å². The van der Waals surface area contributed by atoms with Gasteiger partial charge in [0, 0.05) is 11.8 Å². The van der Waals surface area contributed by atoms with Crippen LogP contribution < -0.4 is 0 Å². The summed E-state index contributed by atoms with van der Waals surface area (Å²) in [5.41, 5.74) is 0. The highest BCUT2D eigenvalue weighted by atomic mass is 16.7. The van der Waals surface area contributed by atoms with Crippen LogP contribution in [0, 0.1) is 23.7 Å². The zero-order chi connectivity index (χ0) is 15.6. The average Bonchev–Trinajstić information content (AvgIpc) is 2.53. The third-order valence-corrected chi connectivity index (χ3v) is 5.61. The molecule has 4 bridgehead atoms. The molecule has 0 aliphatic heterocycles. The molecular formula is C16H28O6. The highest BCUT2D eigenvalue weighted by molar-refractivity contribution is 5.08. The molecule has 0 aromatic carbocycles. The van der Waals surface area contributed by atoms with E-state index in [0.717, 1.165) is 19.3 Å². The molecule has 6 nitrogen and oxygen atoms in total. The number of aliphatic hydroxyl groups excluding tert-OH is 3. The molecule has 0 spiro atoms. The third-order valence-electron chi connectivity index (χ3n) is 5.61. The quantitative estimate of drug-likeness (QED) is 0.525. The Labute approximate surface area is 131 Å². The zero-order valence-electron chi connectivity index (χ0n) is 13.0. The van der Waals surface area contributed by atoms with E-state index in [2.05, 4.69) is 0 Å². The van der Waals surface area contributed by atoms with Gasteiger partial charge in [0.25, 0.3) is 0 Å². The van der Waals surface area contributed by atoms with Gasteiger partial charge in [-0.15, -0.1) is 0 Å². The van der Waals surface area contributed by atoms with Crippen LogP contribution in [0.5, 0.6) is 0 Å². The molecule has 0 saturated heterocycles. The van der Waals surface area contributed by atoms with Crippen LogP contribution in [0.4, 0.5) is 0 Å². The highest BCUT2D eigenvalue weighted by Gasteiger charge is 2.63. The minimum Gasteiger partial charge on any atom is -0.394 e. The van der Waals surface area contributed by atoms with Crippen molar-refractivity contribution in [3.8, 4) is 0 Å². The van der Waals surface area contributed by atoms with Crippen molar-refractivity contribution in [1.82, 2.24) is 0 Å². The van der Waals surface area contributed by atoms with E-state index < -0.39 is 5.79 Å². The lowest BCUT2D eigenvalue weighted by atomic mass is 9.52. The topological polar surface area (TPSA) is 88.4 Å². The van der Waals surface area contributed by atoms with Crippen molar-refractivity contribution < 1.29 is 29.5 Å². The third kappa shape index (κ3) is 2.81. The molecule has 6 heteroatoms. The molecule has 0 heterocycles. The van der Waals surface area contributed by atoms with E-state index in [9.17, 15) is 10.2 Å². The van der Waals surface area contributed by atoms with Crippen LogP contribution in [0.1, 0.15) is 25.7 Å². The maximum absolute atomic E-state index is 9.17. The summed E-state index contributed by atoms with van der Waals surface area (Å²) in [4.78, 5) is 0. The van der Waals surface area contributed by atoms with Crippen molar-refractivity contribution in [2.24, 2.45) is 23.7 Å². The second-order valence-electron chi connectivity index (χ2n) is 6.80. The van der Waals surface area contributed by atoms with Crippen LogP contribution >= 0.6 is 0 Å². The van der Waals surface area contributed by atoms with E-state index in [1.54, 1.807) is 0 Å². The van der Waals surface area contributed by atoms with Crippen molar-refractivity contribution in [3.05, 3.63) is 0 Å². The Hall–Kier alpha value is -0.240. The zero-order valence-corrected chi connectivity index (χ0v) is 13.0. The minimum absolute atomic E-state index is 0.0186. The molecule has 4 aliphatic carbocycles. The van der Waals surface area contributed by atoms with E-state index in [4.69, 9.17) is 19.3 Å². The van der Waals surface area contributed by atoms with Crippen molar-refractivity contribution in [3.63, 3.8) is 0 Å². The monoisotopic (exact) mass is 316 g/mol. The molecule has 4 rings (SSSR count). The largest absolute Gasteiger partial charge is 0.394 e. The van der Waals surface area contributed by atoms with Gasteiger partial charge in [0.1, 0.15) is 0 Å². The second-order valence-corrected chi connectivity index (χ2v) is 6.80. The number of aliphatic hydroxyl groups is 3. The number of rotatable bonds is 9. The van der Waals surface area contributed by atoms with Crippen LogP contribution in [0.2, 0.25) is 0 Å². The number of hydrogen-bond acceptors (Lipinski definition) is 6. The number of ether oxygens (including phenoxy) is 3. The van der Waals surface area contributed by atoms with Gasteiger partial charge in [-0.1, -0.05) is 0 Å². The molecule has 4 fully saturated rings. The fraction of sp³-hybridized carbons (Fsp3) is 1.00. The Morgan fingerprint density at radius 1 is 0.818 bits per heavy atom. The normalized spacial score (nSPS) is 38.6. The Bertz CT molecular complexity index is 355. The lowest BCUT2D eigenvalue weighted by Crippen LogP contribution is -2.66. The Morgan fingerprint density at radius 2 is 1.50 bits per heavy atom. The van der Waals surface area contributed by atoms with E-state index in [0.29, 0.717) is 24.4 Å². The van der Waals surface area contributed by atoms with Gasteiger partial charge in [0.15, 0.2) is 5.79 Å². The lowest BCUT2D eigenvalue weighted by molar-refractivity contribution is -0.364. The van der Waals surface area contributed by atoms with Gasteiger partial charge in [0.05, 0.1) is 45.7 Å². The summed E-state index contributed by atoms with van der Waals surface area (Å²) in [5, 5.41) is 27.4. The van der Waals surface area contributed by atoms with Crippen LogP contribution in [0.3, 0.4) is 0 Å². The van der Waals surface area contributed by atoms with Gasteiger partial charge >= 0.3 is 0 Å². The SMILES string of the molecule is OCCOC1C2CC3CC(C2)C(OCCO)(OCCO)C1C3. The van der Waals surface area contributed by atoms with Crippen molar-refractivity contribution >= 4 is 0 Å². The fourth-order valence-corrected chi connectivity index (χ4v) is 5.13. The van der Waals surface area contributed by atoms with Crippen LogP contribution in [-0.4, -0.2) is 66.9 Å². The summed E-state index contributed by atoms with van der Waals surface area (Å²) in [6.45, 7) is 0.742. The summed E-state index contributed by atoms with van der Waals surface area (Å²) in [7, 11) is 0. The van der Waals surface area contributed by atoms with E-state index in [1.807, 2.05) is 0 Å². The Kier molecular flexibility index (Phi) is 5.37. The molecule has 5 atom stereocenters. The molecule has 0 aromatic heterocycles. The first-order chi connectivity index (χ1) is 10.7. The average molecular weight is 316 g/mol. The highest BCUT2D eigenvalue weighted by Crippen LogP contribution is 2.60. The molecular weight excluding hydrogens is 288 g/mol. The Balaban J connectivity index is 1.82. The summed E-state index contributed by atoms with van der Waals surface area (Å²) in [5.74, 6) is 0.887. The molecule has 0 radical (unpaired) electrons.